The van der Waals surface area contributed by atoms with Crippen LogP contribution in [0, 0.1) is 13.8 Å². The highest BCUT2D eigenvalue weighted by molar-refractivity contribution is 7.99. The Labute approximate surface area is 152 Å². The Balaban J connectivity index is 1.69. The van der Waals surface area contributed by atoms with Crippen molar-refractivity contribution < 1.29 is 4.79 Å². The number of carbonyl (C=O) groups excluding carboxylic acids is 1. The van der Waals surface area contributed by atoms with Crippen molar-refractivity contribution in [2.75, 3.05) is 11.1 Å². The van der Waals surface area contributed by atoms with Crippen LogP contribution in [0.25, 0.3) is 5.65 Å². The number of rotatable bonds is 4. The van der Waals surface area contributed by atoms with E-state index in [2.05, 4.69) is 20.6 Å². The van der Waals surface area contributed by atoms with Crippen LogP contribution in [0.2, 0.25) is 10.0 Å². The lowest BCUT2D eigenvalue weighted by Gasteiger charge is -2.06. The van der Waals surface area contributed by atoms with Crippen molar-refractivity contribution in [1.82, 2.24) is 19.8 Å². The molecule has 0 spiro atoms. The van der Waals surface area contributed by atoms with E-state index < -0.39 is 0 Å². The Hall–Kier alpha value is -1.83. The van der Waals surface area contributed by atoms with E-state index in [0.717, 1.165) is 11.3 Å². The van der Waals surface area contributed by atoms with E-state index in [4.69, 9.17) is 23.2 Å². The minimum Gasteiger partial charge on any atom is -0.325 e. The molecular weight excluding hydrogens is 369 g/mol. The maximum atomic E-state index is 12.1. The van der Waals surface area contributed by atoms with Gasteiger partial charge in [0.2, 0.25) is 11.1 Å². The molecule has 124 valence electrons. The van der Waals surface area contributed by atoms with Gasteiger partial charge in [-0.3, -0.25) is 4.79 Å². The minimum absolute atomic E-state index is 0.176. The molecule has 0 aliphatic heterocycles. The number of aryl methyl sites for hydroxylation is 2. The number of benzene rings is 1. The zero-order valence-corrected chi connectivity index (χ0v) is 15.2. The summed E-state index contributed by atoms with van der Waals surface area (Å²) >= 11 is 13.0. The van der Waals surface area contributed by atoms with Crippen LogP contribution >= 0.6 is 35.0 Å². The van der Waals surface area contributed by atoms with E-state index in [0.29, 0.717) is 26.5 Å². The molecule has 0 aliphatic carbocycles. The van der Waals surface area contributed by atoms with Crippen molar-refractivity contribution in [3.63, 3.8) is 0 Å². The van der Waals surface area contributed by atoms with Crippen molar-refractivity contribution in [2.24, 2.45) is 0 Å². The average Bonchev–Trinajstić information content (AvgIpc) is 2.92. The number of carbonyl (C=O) groups is 1. The highest BCUT2D eigenvalue weighted by atomic mass is 35.5. The topological polar surface area (TPSA) is 72.2 Å². The summed E-state index contributed by atoms with van der Waals surface area (Å²) in [6.07, 6.45) is 0. The normalized spacial score (nSPS) is 11.0. The van der Waals surface area contributed by atoms with E-state index >= 15 is 0 Å². The summed E-state index contributed by atoms with van der Waals surface area (Å²) in [5, 5.41) is 16.8. The van der Waals surface area contributed by atoms with Gasteiger partial charge in [-0.05, 0) is 43.7 Å². The van der Waals surface area contributed by atoms with Gasteiger partial charge in [0.1, 0.15) is 0 Å². The predicted molar refractivity (Wildman–Crippen MR) is 96.1 cm³/mol. The predicted octanol–water partition coefficient (Wildman–Crippen LogP) is 3.78. The summed E-state index contributed by atoms with van der Waals surface area (Å²) in [4.78, 5) is 12.1. The molecule has 0 saturated carbocycles. The van der Waals surface area contributed by atoms with Gasteiger partial charge in [-0.25, -0.2) is 0 Å². The number of anilines is 1. The third-order valence-electron chi connectivity index (χ3n) is 3.18. The molecule has 2 aromatic heterocycles. The largest absolute Gasteiger partial charge is 0.325 e. The molecule has 24 heavy (non-hydrogen) atoms. The molecule has 0 fully saturated rings. The van der Waals surface area contributed by atoms with Crippen molar-refractivity contribution in [3.05, 3.63) is 45.6 Å². The van der Waals surface area contributed by atoms with Crippen LogP contribution < -0.4 is 5.32 Å². The number of hydrogen-bond donors (Lipinski definition) is 1. The summed E-state index contributed by atoms with van der Waals surface area (Å²) in [5.41, 5.74) is 3.13. The number of thioether (sulfide) groups is 1. The Morgan fingerprint density at radius 2 is 2.00 bits per heavy atom. The smallest absolute Gasteiger partial charge is 0.234 e. The number of nitrogens with zero attached hydrogens (tertiary/aromatic N) is 4. The highest BCUT2D eigenvalue weighted by Crippen LogP contribution is 2.25. The zero-order chi connectivity index (χ0) is 17.3. The van der Waals surface area contributed by atoms with Gasteiger partial charge in [-0.1, -0.05) is 35.0 Å². The van der Waals surface area contributed by atoms with Gasteiger partial charge in [0.25, 0.3) is 0 Å². The van der Waals surface area contributed by atoms with E-state index in [1.165, 1.54) is 11.8 Å². The first-order chi connectivity index (χ1) is 11.4. The maximum absolute atomic E-state index is 12.1. The van der Waals surface area contributed by atoms with Crippen LogP contribution in [0.1, 0.15) is 11.3 Å². The van der Waals surface area contributed by atoms with Gasteiger partial charge in [0.05, 0.1) is 21.5 Å². The SMILES string of the molecule is Cc1cc(C)c2nnc(SCC(=O)Nc3ccc(Cl)c(Cl)c3)n2n1. The first kappa shape index (κ1) is 17.0. The average molecular weight is 382 g/mol. The summed E-state index contributed by atoms with van der Waals surface area (Å²) in [6.45, 7) is 3.85. The second-order valence-electron chi connectivity index (χ2n) is 5.15. The Kier molecular flexibility index (Phi) is 4.93. The monoisotopic (exact) mass is 381 g/mol. The molecule has 0 unspecified atom stereocenters. The van der Waals surface area contributed by atoms with Crippen molar-refractivity contribution in [2.45, 2.75) is 19.0 Å². The maximum Gasteiger partial charge on any atom is 0.234 e. The molecule has 1 aromatic carbocycles. The number of amides is 1. The van der Waals surface area contributed by atoms with Gasteiger partial charge in [-0.15, -0.1) is 10.2 Å². The lowest BCUT2D eigenvalue weighted by atomic mass is 10.3. The molecule has 2 heterocycles. The highest BCUT2D eigenvalue weighted by Gasteiger charge is 2.12. The number of nitrogens with one attached hydrogen (secondary N) is 1. The van der Waals surface area contributed by atoms with Gasteiger partial charge >= 0.3 is 0 Å². The van der Waals surface area contributed by atoms with Crippen molar-refractivity contribution in [1.29, 1.82) is 0 Å². The Bertz CT molecular complexity index is 928. The van der Waals surface area contributed by atoms with Gasteiger partial charge in [0, 0.05) is 5.69 Å². The molecule has 0 radical (unpaired) electrons. The summed E-state index contributed by atoms with van der Waals surface area (Å²) in [6, 6.07) is 6.87. The minimum atomic E-state index is -0.181. The van der Waals surface area contributed by atoms with Crippen LogP contribution in [0.3, 0.4) is 0 Å². The zero-order valence-electron chi connectivity index (χ0n) is 12.9. The summed E-state index contributed by atoms with van der Waals surface area (Å²) < 4.78 is 1.65. The van der Waals surface area contributed by atoms with Crippen LogP contribution in [0.15, 0.2) is 29.4 Å². The Morgan fingerprint density at radius 3 is 2.75 bits per heavy atom. The number of halogens is 2. The number of aromatic nitrogens is 4. The lowest BCUT2D eigenvalue weighted by molar-refractivity contribution is -0.113. The van der Waals surface area contributed by atoms with Gasteiger partial charge < -0.3 is 5.32 Å². The van der Waals surface area contributed by atoms with Crippen LogP contribution in [0.4, 0.5) is 5.69 Å². The number of fused-ring (bicyclic) bond motifs is 1. The molecule has 3 aromatic rings. The molecule has 0 atom stereocenters. The second-order valence-corrected chi connectivity index (χ2v) is 6.91. The fourth-order valence-electron chi connectivity index (χ4n) is 2.16. The molecule has 3 rings (SSSR count). The molecule has 0 aliphatic rings. The second kappa shape index (κ2) is 6.96. The lowest BCUT2D eigenvalue weighted by Crippen LogP contribution is -2.14. The molecule has 9 heteroatoms. The molecule has 0 saturated heterocycles. The van der Waals surface area contributed by atoms with E-state index in [-0.39, 0.29) is 11.7 Å². The van der Waals surface area contributed by atoms with Crippen molar-refractivity contribution >= 4 is 52.2 Å². The summed E-state index contributed by atoms with van der Waals surface area (Å²) in [5.74, 6) is -0.00471. The fourth-order valence-corrected chi connectivity index (χ4v) is 3.14. The third kappa shape index (κ3) is 3.63. The van der Waals surface area contributed by atoms with Crippen LogP contribution in [-0.4, -0.2) is 31.5 Å². The molecule has 0 bridgehead atoms. The molecule has 1 N–H and O–H groups in total. The Morgan fingerprint density at radius 1 is 1.21 bits per heavy atom. The van der Waals surface area contributed by atoms with Crippen LogP contribution in [0.5, 0.6) is 0 Å². The van der Waals surface area contributed by atoms with Gasteiger partial charge in [0.15, 0.2) is 5.65 Å². The van der Waals surface area contributed by atoms with E-state index in [9.17, 15) is 4.79 Å². The number of hydrogen-bond acceptors (Lipinski definition) is 5. The van der Waals surface area contributed by atoms with Crippen molar-refractivity contribution in [3.8, 4) is 0 Å². The van der Waals surface area contributed by atoms with Crippen LogP contribution in [-0.2, 0) is 4.79 Å². The van der Waals surface area contributed by atoms with E-state index in [1.807, 2.05) is 19.9 Å². The quantitative estimate of drug-likeness (QED) is 0.696. The molecule has 6 nitrogen and oxygen atoms in total. The first-order valence-electron chi connectivity index (χ1n) is 7.01. The summed E-state index contributed by atoms with van der Waals surface area (Å²) in [7, 11) is 0. The first-order valence-corrected chi connectivity index (χ1v) is 8.75. The standard InChI is InChI=1S/C15H13Cl2N5OS/c1-8-5-9(2)21-22-14(8)19-20-15(22)24-7-13(23)18-10-3-4-11(16)12(17)6-10/h3-6H,7H2,1-2H3,(H,18,23). The van der Waals surface area contributed by atoms with Gasteiger partial charge in [-0.2, -0.15) is 9.61 Å². The fraction of sp³-hybridized carbons (Fsp3) is 0.200. The van der Waals surface area contributed by atoms with E-state index in [1.54, 1.807) is 22.7 Å². The molecule has 1 amide bonds. The molecular formula is C15H13Cl2N5OS. The third-order valence-corrected chi connectivity index (χ3v) is 4.84.